The highest BCUT2D eigenvalue weighted by molar-refractivity contribution is 5.73. The third-order valence-corrected chi connectivity index (χ3v) is 4.20. The van der Waals surface area contributed by atoms with Gasteiger partial charge < -0.3 is 15.2 Å². The normalized spacial score (nSPS) is 30.7. The molecule has 104 valence electrons. The standard InChI is InChI=1S/C13H24N2O3/c1-14-10(13(16)17)6-7-15-8-9-18-12-5-3-2-4-11(12)15/h10-12,14H,2-9H2,1H3,(H,16,17). The smallest absolute Gasteiger partial charge is 0.320 e. The van der Waals surface area contributed by atoms with Crippen LogP contribution in [0, 0.1) is 0 Å². The van der Waals surface area contributed by atoms with Crippen molar-refractivity contribution in [3.8, 4) is 0 Å². The number of ether oxygens (including phenoxy) is 1. The summed E-state index contributed by atoms with van der Waals surface area (Å²) in [4.78, 5) is 13.4. The average Bonchev–Trinajstić information content (AvgIpc) is 2.39. The van der Waals surface area contributed by atoms with Crippen LogP contribution in [0.3, 0.4) is 0 Å². The van der Waals surface area contributed by atoms with Crippen LogP contribution in [0.5, 0.6) is 0 Å². The Morgan fingerprint density at radius 3 is 3.00 bits per heavy atom. The number of nitrogens with zero attached hydrogens (tertiary/aromatic N) is 1. The van der Waals surface area contributed by atoms with Crippen molar-refractivity contribution in [1.29, 1.82) is 0 Å². The molecule has 18 heavy (non-hydrogen) atoms. The Balaban J connectivity index is 1.85. The van der Waals surface area contributed by atoms with Crippen molar-refractivity contribution in [2.24, 2.45) is 0 Å². The fourth-order valence-electron chi connectivity index (χ4n) is 3.14. The predicted octanol–water partition coefficient (Wildman–Crippen LogP) is 0.693. The molecule has 0 bridgehead atoms. The number of aliphatic carboxylic acids is 1. The van der Waals surface area contributed by atoms with Crippen molar-refractivity contribution in [1.82, 2.24) is 10.2 Å². The van der Waals surface area contributed by atoms with E-state index < -0.39 is 12.0 Å². The SMILES string of the molecule is CNC(CCN1CCOC2CCCCC21)C(=O)O. The molecule has 1 saturated heterocycles. The first kappa shape index (κ1) is 13.8. The molecule has 2 rings (SSSR count). The van der Waals surface area contributed by atoms with E-state index in [1.807, 2.05) is 0 Å². The van der Waals surface area contributed by atoms with Gasteiger partial charge in [-0.3, -0.25) is 9.69 Å². The van der Waals surface area contributed by atoms with Crippen molar-refractivity contribution >= 4 is 5.97 Å². The zero-order chi connectivity index (χ0) is 13.0. The summed E-state index contributed by atoms with van der Waals surface area (Å²) in [6, 6.07) is 0.0775. The lowest BCUT2D eigenvalue weighted by molar-refractivity contribution is -0.140. The molecular weight excluding hydrogens is 232 g/mol. The number of hydrogen-bond acceptors (Lipinski definition) is 4. The van der Waals surface area contributed by atoms with Crippen LogP contribution < -0.4 is 5.32 Å². The quantitative estimate of drug-likeness (QED) is 0.758. The van der Waals surface area contributed by atoms with Crippen molar-refractivity contribution in [3.05, 3.63) is 0 Å². The van der Waals surface area contributed by atoms with Gasteiger partial charge in [-0.25, -0.2) is 0 Å². The molecule has 0 aromatic heterocycles. The van der Waals surface area contributed by atoms with Gasteiger partial charge in [0.1, 0.15) is 6.04 Å². The monoisotopic (exact) mass is 256 g/mol. The molecule has 0 amide bonds. The second-order valence-corrected chi connectivity index (χ2v) is 5.27. The number of carbonyl (C=O) groups is 1. The lowest BCUT2D eigenvalue weighted by atomic mass is 9.90. The molecule has 5 nitrogen and oxygen atoms in total. The molecule has 0 radical (unpaired) electrons. The van der Waals surface area contributed by atoms with E-state index in [9.17, 15) is 4.79 Å². The van der Waals surface area contributed by atoms with Crippen LogP contribution in [0.25, 0.3) is 0 Å². The van der Waals surface area contributed by atoms with Gasteiger partial charge in [0.2, 0.25) is 0 Å². The highest BCUT2D eigenvalue weighted by Crippen LogP contribution is 2.28. The summed E-state index contributed by atoms with van der Waals surface area (Å²) in [5, 5.41) is 11.9. The maximum Gasteiger partial charge on any atom is 0.320 e. The van der Waals surface area contributed by atoms with Gasteiger partial charge in [-0.1, -0.05) is 12.8 Å². The molecule has 1 aliphatic heterocycles. The molecule has 3 unspecified atom stereocenters. The number of likely N-dealkylation sites (N-methyl/N-ethyl adjacent to an activating group) is 1. The van der Waals surface area contributed by atoms with Crippen molar-refractivity contribution < 1.29 is 14.6 Å². The van der Waals surface area contributed by atoms with Crippen molar-refractivity contribution in [3.63, 3.8) is 0 Å². The summed E-state index contributed by atoms with van der Waals surface area (Å²) in [6.45, 7) is 2.58. The van der Waals surface area contributed by atoms with Gasteiger partial charge in [-0.15, -0.1) is 0 Å². The van der Waals surface area contributed by atoms with Gasteiger partial charge in [0.05, 0.1) is 12.7 Å². The molecular formula is C13H24N2O3. The van der Waals surface area contributed by atoms with E-state index in [1.165, 1.54) is 19.3 Å². The predicted molar refractivity (Wildman–Crippen MR) is 68.7 cm³/mol. The Labute approximate surface area is 108 Å². The third-order valence-electron chi connectivity index (χ3n) is 4.20. The second-order valence-electron chi connectivity index (χ2n) is 5.27. The van der Waals surface area contributed by atoms with Crippen LogP contribution in [-0.2, 0) is 9.53 Å². The molecule has 1 heterocycles. The van der Waals surface area contributed by atoms with Gasteiger partial charge in [0.15, 0.2) is 0 Å². The van der Waals surface area contributed by atoms with E-state index in [0.717, 1.165) is 26.1 Å². The lowest BCUT2D eigenvalue weighted by Crippen LogP contribution is -2.53. The van der Waals surface area contributed by atoms with Gasteiger partial charge >= 0.3 is 5.97 Å². The fraction of sp³-hybridized carbons (Fsp3) is 0.923. The number of fused-ring (bicyclic) bond motifs is 1. The van der Waals surface area contributed by atoms with Crippen LogP contribution in [0.1, 0.15) is 32.1 Å². The number of hydrogen-bond donors (Lipinski definition) is 2. The fourth-order valence-corrected chi connectivity index (χ4v) is 3.14. The Morgan fingerprint density at radius 1 is 1.50 bits per heavy atom. The number of morpholine rings is 1. The molecule has 2 N–H and O–H groups in total. The van der Waals surface area contributed by atoms with Crippen molar-refractivity contribution in [2.75, 3.05) is 26.7 Å². The summed E-state index contributed by atoms with van der Waals surface area (Å²) in [6.07, 6.45) is 5.94. The van der Waals surface area contributed by atoms with Gasteiger partial charge in [0.25, 0.3) is 0 Å². The molecule has 3 atom stereocenters. The van der Waals surface area contributed by atoms with Gasteiger partial charge in [-0.2, -0.15) is 0 Å². The summed E-state index contributed by atoms with van der Waals surface area (Å²) in [5.41, 5.74) is 0. The summed E-state index contributed by atoms with van der Waals surface area (Å²) in [7, 11) is 1.71. The highest BCUT2D eigenvalue weighted by Gasteiger charge is 2.34. The van der Waals surface area contributed by atoms with Crippen LogP contribution in [-0.4, -0.2) is 60.9 Å². The first-order valence-electron chi connectivity index (χ1n) is 6.98. The minimum Gasteiger partial charge on any atom is -0.480 e. The van der Waals surface area contributed by atoms with E-state index >= 15 is 0 Å². The van der Waals surface area contributed by atoms with E-state index in [1.54, 1.807) is 7.05 Å². The van der Waals surface area contributed by atoms with Crippen LogP contribution in [0.4, 0.5) is 0 Å². The number of nitrogens with one attached hydrogen (secondary N) is 1. The zero-order valence-corrected chi connectivity index (χ0v) is 11.1. The third kappa shape index (κ3) is 3.22. The molecule has 1 aliphatic carbocycles. The van der Waals surface area contributed by atoms with E-state index in [-0.39, 0.29) is 0 Å². The largest absolute Gasteiger partial charge is 0.480 e. The zero-order valence-electron chi connectivity index (χ0n) is 11.1. The molecule has 1 saturated carbocycles. The first-order chi connectivity index (χ1) is 8.72. The summed E-state index contributed by atoms with van der Waals surface area (Å²) >= 11 is 0. The van der Waals surface area contributed by atoms with Gasteiger partial charge in [0, 0.05) is 19.1 Å². The van der Waals surface area contributed by atoms with E-state index in [0.29, 0.717) is 18.6 Å². The summed E-state index contributed by atoms with van der Waals surface area (Å²) < 4.78 is 5.82. The highest BCUT2D eigenvalue weighted by atomic mass is 16.5. The molecule has 2 aliphatic rings. The second kappa shape index (κ2) is 6.50. The maximum atomic E-state index is 11.0. The first-order valence-corrected chi connectivity index (χ1v) is 6.98. The maximum absolute atomic E-state index is 11.0. The minimum atomic E-state index is -0.758. The molecule has 5 heteroatoms. The van der Waals surface area contributed by atoms with Crippen LogP contribution in [0.2, 0.25) is 0 Å². The lowest BCUT2D eigenvalue weighted by Gasteiger charge is -2.44. The molecule has 0 spiro atoms. The molecule has 0 aromatic carbocycles. The molecule has 0 aromatic rings. The number of rotatable bonds is 5. The van der Waals surface area contributed by atoms with E-state index in [2.05, 4.69) is 10.2 Å². The van der Waals surface area contributed by atoms with Gasteiger partial charge in [-0.05, 0) is 26.3 Å². The minimum absolute atomic E-state index is 0.380. The topological polar surface area (TPSA) is 61.8 Å². The number of carboxylic acid groups (broad SMARTS) is 1. The van der Waals surface area contributed by atoms with Crippen LogP contribution in [0.15, 0.2) is 0 Å². The summed E-state index contributed by atoms with van der Waals surface area (Å²) in [5.74, 6) is -0.758. The number of carboxylic acids is 1. The Kier molecular flexibility index (Phi) is 4.97. The Bertz CT molecular complexity index is 283. The Morgan fingerprint density at radius 2 is 2.28 bits per heavy atom. The molecule has 2 fully saturated rings. The van der Waals surface area contributed by atoms with Crippen LogP contribution >= 0.6 is 0 Å². The average molecular weight is 256 g/mol. The Hall–Kier alpha value is -0.650. The van der Waals surface area contributed by atoms with Crippen molar-refractivity contribution in [2.45, 2.75) is 50.3 Å². The van der Waals surface area contributed by atoms with E-state index in [4.69, 9.17) is 9.84 Å².